The number of hydrogen-bond acceptors (Lipinski definition) is 5. The molecule has 0 radical (unpaired) electrons. The minimum atomic E-state index is 0.310. The molecule has 0 fully saturated rings. The summed E-state index contributed by atoms with van der Waals surface area (Å²) >= 11 is 6.00. The van der Waals surface area contributed by atoms with Gasteiger partial charge in [0, 0.05) is 11.6 Å². The van der Waals surface area contributed by atoms with Crippen molar-refractivity contribution < 1.29 is 19.4 Å². The summed E-state index contributed by atoms with van der Waals surface area (Å²) in [5, 5.41) is 12.2. The summed E-state index contributed by atoms with van der Waals surface area (Å²) in [7, 11) is 1.57. The van der Waals surface area contributed by atoms with Crippen LogP contribution in [0.4, 0.5) is 0 Å². The van der Waals surface area contributed by atoms with E-state index >= 15 is 0 Å². The molecule has 0 spiro atoms. The molecule has 22 heavy (non-hydrogen) atoms. The molecule has 0 saturated heterocycles. The van der Waals surface area contributed by atoms with Gasteiger partial charge in [-0.05, 0) is 24.3 Å². The molecule has 6 heteroatoms. The maximum atomic E-state index is 8.66. The highest BCUT2D eigenvalue weighted by molar-refractivity contribution is 6.32. The zero-order chi connectivity index (χ0) is 15.8. The minimum Gasteiger partial charge on any atom is -0.497 e. The van der Waals surface area contributed by atoms with Crippen molar-refractivity contribution in [2.24, 2.45) is 5.16 Å². The summed E-state index contributed by atoms with van der Waals surface area (Å²) < 4.78 is 16.3. The van der Waals surface area contributed by atoms with Gasteiger partial charge in [0.2, 0.25) is 0 Å². The van der Waals surface area contributed by atoms with E-state index in [1.165, 1.54) is 6.21 Å². The number of hydrogen-bond donors (Lipinski definition) is 1. The van der Waals surface area contributed by atoms with Crippen molar-refractivity contribution in [3.8, 4) is 17.2 Å². The third-order valence-electron chi connectivity index (χ3n) is 2.85. The lowest BCUT2D eigenvalue weighted by molar-refractivity contribution is 0.216. The van der Waals surface area contributed by atoms with Crippen molar-refractivity contribution in [2.75, 3.05) is 20.3 Å². The first kappa shape index (κ1) is 16.0. The SMILES string of the molecule is COc1ccc(C=NO)c(OCCOc2ccccc2Cl)c1. The van der Waals surface area contributed by atoms with Gasteiger partial charge >= 0.3 is 0 Å². The second-order valence-electron chi connectivity index (χ2n) is 4.28. The summed E-state index contributed by atoms with van der Waals surface area (Å²) in [6.45, 7) is 0.640. The lowest BCUT2D eigenvalue weighted by Crippen LogP contribution is -2.10. The molecule has 1 N–H and O–H groups in total. The van der Waals surface area contributed by atoms with Crippen LogP contribution in [0.25, 0.3) is 0 Å². The Kier molecular flexibility index (Phi) is 5.91. The fraction of sp³-hybridized carbons (Fsp3) is 0.188. The quantitative estimate of drug-likeness (QED) is 0.366. The first-order valence-electron chi connectivity index (χ1n) is 6.60. The number of oxime groups is 1. The maximum absolute atomic E-state index is 8.66. The van der Waals surface area contributed by atoms with Crippen molar-refractivity contribution >= 4 is 17.8 Å². The molecule has 0 aliphatic heterocycles. The monoisotopic (exact) mass is 321 g/mol. The average molecular weight is 322 g/mol. The lowest BCUT2D eigenvalue weighted by atomic mass is 10.2. The van der Waals surface area contributed by atoms with Gasteiger partial charge in [-0.15, -0.1) is 0 Å². The molecule has 2 rings (SSSR count). The van der Waals surface area contributed by atoms with Gasteiger partial charge in [-0.25, -0.2) is 0 Å². The van der Waals surface area contributed by atoms with Gasteiger partial charge in [-0.1, -0.05) is 28.9 Å². The van der Waals surface area contributed by atoms with Gasteiger partial charge in [0.05, 0.1) is 18.3 Å². The van der Waals surface area contributed by atoms with Crippen molar-refractivity contribution in [1.29, 1.82) is 0 Å². The van der Waals surface area contributed by atoms with Gasteiger partial charge < -0.3 is 19.4 Å². The predicted octanol–water partition coefficient (Wildman–Crippen LogP) is 3.61. The average Bonchev–Trinajstić information content (AvgIpc) is 2.54. The normalized spacial score (nSPS) is 10.6. The summed E-state index contributed by atoms with van der Waals surface area (Å²) in [4.78, 5) is 0. The molecule has 0 unspecified atom stereocenters. The number of ether oxygens (including phenoxy) is 3. The Balaban J connectivity index is 1.95. The Morgan fingerprint density at radius 1 is 1.09 bits per heavy atom. The largest absolute Gasteiger partial charge is 0.497 e. The maximum Gasteiger partial charge on any atom is 0.138 e. The molecule has 0 aliphatic carbocycles. The molecule has 0 aromatic heterocycles. The van der Waals surface area contributed by atoms with E-state index in [0.29, 0.717) is 41.0 Å². The van der Waals surface area contributed by atoms with Crippen LogP contribution in [0.1, 0.15) is 5.56 Å². The number of benzene rings is 2. The molecule has 0 aliphatic rings. The van der Waals surface area contributed by atoms with Crippen LogP contribution >= 0.6 is 11.6 Å². The second kappa shape index (κ2) is 8.14. The first-order chi connectivity index (χ1) is 10.7. The number of nitrogens with zero attached hydrogens (tertiary/aromatic N) is 1. The predicted molar refractivity (Wildman–Crippen MR) is 84.8 cm³/mol. The fourth-order valence-corrected chi connectivity index (χ4v) is 1.99. The first-order valence-corrected chi connectivity index (χ1v) is 6.98. The van der Waals surface area contributed by atoms with E-state index in [-0.39, 0.29) is 0 Å². The van der Waals surface area contributed by atoms with E-state index in [9.17, 15) is 0 Å². The van der Waals surface area contributed by atoms with Crippen LogP contribution in [0.5, 0.6) is 17.2 Å². The summed E-state index contributed by atoms with van der Waals surface area (Å²) in [6.07, 6.45) is 1.30. The second-order valence-corrected chi connectivity index (χ2v) is 4.68. The highest BCUT2D eigenvalue weighted by Crippen LogP contribution is 2.25. The molecule has 2 aromatic rings. The molecule has 0 heterocycles. The fourth-order valence-electron chi connectivity index (χ4n) is 1.80. The highest BCUT2D eigenvalue weighted by Gasteiger charge is 2.05. The molecule has 116 valence electrons. The Bertz CT molecular complexity index is 646. The Hall–Kier alpha value is -2.40. The van der Waals surface area contributed by atoms with Crippen LogP contribution in [-0.2, 0) is 0 Å². The molecule has 5 nitrogen and oxygen atoms in total. The van der Waals surface area contributed by atoms with Crippen LogP contribution in [0.15, 0.2) is 47.6 Å². The van der Waals surface area contributed by atoms with Crippen molar-refractivity contribution in [2.45, 2.75) is 0 Å². The van der Waals surface area contributed by atoms with E-state index in [4.69, 9.17) is 31.0 Å². The van der Waals surface area contributed by atoms with E-state index in [0.717, 1.165) is 0 Å². The number of halogens is 1. The van der Waals surface area contributed by atoms with Crippen LogP contribution in [-0.4, -0.2) is 31.7 Å². The van der Waals surface area contributed by atoms with Crippen LogP contribution < -0.4 is 14.2 Å². The molecular weight excluding hydrogens is 306 g/mol. The minimum absolute atomic E-state index is 0.310. The van der Waals surface area contributed by atoms with E-state index in [2.05, 4.69) is 5.16 Å². The van der Waals surface area contributed by atoms with Crippen molar-refractivity contribution in [3.05, 3.63) is 53.1 Å². The van der Waals surface area contributed by atoms with E-state index in [1.54, 1.807) is 37.4 Å². The molecule has 2 aromatic carbocycles. The van der Waals surface area contributed by atoms with Crippen LogP contribution in [0, 0.1) is 0 Å². The molecule has 0 saturated carbocycles. The Labute approximate surface area is 133 Å². The molecule has 0 bridgehead atoms. The Morgan fingerprint density at radius 3 is 2.50 bits per heavy atom. The standard InChI is InChI=1S/C16H16ClNO4/c1-20-13-7-6-12(11-18-19)16(10-13)22-9-8-21-15-5-3-2-4-14(15)17/h2-7,10-11,19H,8-9H2,1H3. The lowest BCUT2D eigenvalue weighted by Gasteiger charge is -2.12. The van der Waals surface area contributed by atoms with Crippen molar-refractivity contribution in [1.82, 2.24) is 0 Å². The smallest absolute Gasteiger partial charge is 0.138 e. The number of methoxy groups -OCH3 is 1. The molecule has 0 amide bonds. The van der Waals surface area contributed by atoms with Gasteiger partial charge in [0.15, 0.2) is 0 Å². The molecular formula is C16H16ClNO4. The van der Waals surface area contributed by atoms with E-state index < -0.39 is 0 Å². The number of para-hydroxylation sites is 1. The summed E-state index contributed by atoms with van der Waals surface area (Å²) in [5.41, 5.74) is 0.640. The van der Waals surface area contributed by atoms with Crippen LogP contribution in [0.2, 0.25) is 5.02 Å². The number of rotatable bonds is 7. The van der Waals surface area contributed by atoms with Gasteiger partial charge in [0.1, 0.15) is 30.5 Å². The summed E-state index contributed by atoms with van der Waals surface area (Å²) in [6, 6.07) is 12.4. The Morgan fingerprint density at radius 2 is 1.82 bits per heavy atom. The third-order valence-corrected chi connectivity index (χ3v) is 3.16. The third kappa shape index (κ3) is 4.30. The van der Waals surface area contributed by atoms with Crippen molar-refractivity contribution in [3.63, 3.8) is 0 Å². The van der Waals surface area contributed by atoms with Gasteiger partial charge in [-0.2, -0.15) is 0 Å². The molecule has 0 atom stereocenters. The zero-order valence-electron chi connectivity index (χ0n) is 12.0. The van der Waals surface area contributed by atoms with Gasteiger partial charge in [-0.3, -0.25) is 0 Å². The van der Waals surface area contributed by atoms with Crippen LogP contribution in [0.3, 0.4) is 0 Å². The highest BCUT2D eigenvalue weighted by atomic mass is 35.5. The topological polar surface area (TPSA) is 60.3 Å². The summed E-state index contributed by atoms with van der Waals surface area (Å²) in [5.74, 6) is 1.80. The van der Waals surface area contributed by atoms with Gasteiger partial charge in [0.25, 0.3) is 0 Å². The zero-order valence-corrected chi connectivity index (χ0v) is 12.8. The van der Waals surface area contributed by atoms with E-state index in [1.807, 2.05) is 12.1 Å².